The van der Waals surface area contributed by atoms with Crippen LogP contribution in [-0.4, -0.2) is 18.4 Å². The van der Waals surface area contributed by atoms with Gasteiger partial charge in [0.1, 0.15) is 5.78 Å². The molecule has 6 heavy (non-hydrogen) atoms. The van der Waals surface area contributed by atoms with E-state index >= 15 is 0 Å². The van der Waals surface area contributed by atoms with E-state index in [9.17, 15) is 4.79 Å². The second kappa shape index (κ2) is 1.05. The molecule has 0 aromatic carbocycles. The van der Waals surface area contributed by atoms with Crippen LogP contribution >= 0.6 is 0 Å². The average Bonchev–Trinajstić information content (AvgIpc) is 2.06. The highest BCUT2D eigenvalue weighted by Crippen LogP contribution is 1.99. The number of rotatable bonds is 1. The van der Waals surface area contributed by atoms with Gasteiger partial charge in [-0.1, -0.05) is 0 Å². The zero-order chi connectivity index (χ0) is 4.57. The fourth-order valence-electron chi connectivity index (χ4n) is 0.310. The van der Waals surface area contributed by atoms with Crippen LogP contribution in [0.3, 0.4) is 0 Å². The zero-order valence-corrected chi connectivity index (χ0v) is 3.64. The van der Waals surface area contributed by atoms with E-state index in [4.69, 9.17) is 0 Å². The smallest absolute Gasteiger partial charge is 0.149 e. The number of carbonyl (C=O) groups is 1. The van der Waals surface area contributed by atoms with E-state index in [-0.39, 0.29) is 11.8 Å². The van der Waals surface area contributed by atoms with Crippen LogP contribution in [-0.2, 0) is 4.79 Å². The molecule has 1 fully saturated rings. The van der Waals surface area contributed by atoms with Crippen LogP contribution < -0.4 is 5.32 Å². The number of nitrogens with zero attached hydrogens (tertiary/aromatic N) is 1. The van der Waals surface area contributed by atoms with Gasteiger partial charge < -0.3 is 0 Å². The standard InChI is InChI=1S/C4H6NO/c1-3(6)4-2-5-4/h4H,2H2,1H3. The molecule has 1 radical (unpaired) electrons. The SMILES string of the molecule is CC(=O)C1C[N]1. The maximum Gasteiger partial charge on any atom is 0.149 e. The highest BCUT2D eigenvalue weighted by molar-refractivity contribution is 5.84. The van der Waals surface area contributed by atoms with Crippen molar-refractivity contribution >= 4 is 5.78 Å². The van der Waals surface area contributed by atoms with Crippen LogP contribution in [0.15, 0.2) is 0 Å². The van der Waals surface area contributed by atoms with Gasteiger partial charge in [0.2, 0.25) is 0 Å². The molecule has 33 valence electrons. The molecule has 1 saturated heterocycles. The third-order valence-corrected chi connectivity index (χ3v) is 0.834. The lowest BCUT2D eigenvalue weighted by molar-refractivity contribution is -0.116. The Hall–Kier alpha value is -0.370. The summed E-state index contributed by atoms with van der Waals surface area (Å²) in [7, 11) is 0. The van der Waals surface area contributed by atoms with Crippen LogP contribution in [0.2, 0.25) is 0 Å². The molecule has 0 aliphatic carbocycles. The van der Waals surface area contributed by atoms with Gasteiger partial charge in [-0.3, -0.25) is 4.79 Å². The van der Waals surface area contributed by atoms with Gasteiger partial charge in [0.15, 0.2) is 0 Å². The Labute approximate surface area is 36.5 Å². The van der Waals surface area contributed by atoms with Crippen molar-refractivity contribution in [2.45, 2.75) is 13.0 Å². The van der Waals surface area contributed by atoms with Crippen molar-refractivity contribution in [3.8, 4) is 0 Å². The van der Waals surface area contributed by atoms with Crippen LogP contribution in [0.1, 0.15) is 6.92 Å². The van der Waals surface area contributed by atoms with Crippen molar-refractivity contribution in [3.63, 3.8) is 0 Å². The van der Waals surface area contributed by atoms with E-state index in [1.165, 1.54) is 0 Å². The van der Waals surface area contributed by atoms with Crippen LogP contribution in [0, 0.1) is 0 Å². The van der Waals surface area contributed by atoms with Crippen molar-refractivity contribution in [2.24, 2.45) is 0 Å². The number of hydrogen-bond acceptors (Lipinski definition) is 1. The molecule has 1 unspecified atom stereocenters. The molecule has 0 bridgehead atoms. The largest absolute Gasteiger partial charge is 0.298 e. The zero-order valence-electron chi connectivity index (χ0n) is 3.64. The van der Waals surface area contributed by atoms with Crippen molar-refractivity contribution in [1.82, 2.24) is 5.32 Å². The molecule has 1 atom stereocenters. The highest BCUT2D eigenvalue weighted by Gasteiger charge is 2.26. The Kier molecular flexibility index (Phi) is 0.665. The van der Waals surface area contributed by atoms with Gasteiger partial charge >= 0.3 is 0 Å². The van der Waals surface area contributed by atoms with Crippen LogP contribution in [0.4, 0.5) is 0 Å². The summed E-state index contributed by atoms with van der Waals surface area (Å²) >= 11 is 0. The summed E-state index contributed by atoms with van der Waals surface area (Å²) in [6.45, 7) is 2.34. The fraction of sp³-hybridized carbons (Fsp3) is 0.750. The van der Waals surface area contributed by atoms with Crippen molar-refractivity contribution in [1.29, 1.82) is 0 Å². The first-order valence-electron chi connectivity index (χ1n) is 1.98. The minimum absolute atomic E-state index is 0.0880. The predicted octanol–water partition coefficient (Wildman–Crippen LogP) is -0.438. The van der Waals surface area contributed by atoms with Gasteiger partial charge in [0.05, 0.1) is 6.04 Å². The molecule has 2 nitrogen and oxygen atoms in total. The first-order valence-corrected chi connectivity index (χ1v) is 1.98. The van der Waals surface area contributed by atoms with Gasteiger partial charge in [0.25, 0.3) is 0 Å². The van der Waals surface area contributed by atoms with Gasteiger partial charge in [0, 0.05) is 6.54 Å². The second-order valence-electron chi connectivity index (χ2n) is 1.49. The number of hydrogen-bond donors (Lipinski definition) is 0. The molecule has 1 aliphatic heterocycles. The van der Waals surface area contributed by atoms with E-state index in [1.807, 2.05) is 0 Å². The Morgan fingerprint density at radius 2 is 2.50 bits per heavy atom. The topological polar surface area (TPSA) is 31.2 Å². The summed E-state index contributed by atoms with van der Waals surface area (Å²) in [6, 6.07) is 0.0880. The number of carbonyl (C=O) groups excluding carboxylic acids is 1. The second-order valence-corrected chi connectivity index (χ2v) is 1.49. The molecule has 0 aromatic rings. The molecule has 0 aromatic heterocycles. The van der Waals surface area contributed by atoms with Gasteiger partial charge in [-0.15, -0.1) is 0 Å². The van der Waals surface area contributed by atoms with E-state index in [2.05, 4.69) is 5.32 Å². The third kappa shape index (κ3) is 0.571. The van der Waals surface area contributed by atoms with Crippen molar-refractivity contribution in [2.75, 3.05) is 6.54 Å². The van der Waals surface area contributed by atoms with Crippen molar-refractivity contribution in [3.05, 3.63) is 0 Å². The molecule has 0 spiro atoms. The fourth-order valence-corrected chi connectivity index (χ4v) is 0.310. The molecule has 1 heterocycles. The lowest BCUT2D eigenvalue weighted by Gasteiger charge is -1.73. The van der Waals surface area contributed by atoms with Gasteiger partial charge in [-0.25, -0.2) is 5.32 Å². The first-order chi connectivity index (χ1) is 2.80. The maximum atomic E-state index is 10.1. The molecular weight excluding hydrogens is 78.0 g/mol. The minimum Gasteiger partial charge on any atom is -0.298 e. The molecule has 0 N–H and O–H groups in total. The Balaban J connectivity index is 2.31. The van der Waals surface area contributed by atoms with Crippen molar-refractivity contribution < 1.29 is 4.79 Å². The molecule has 1 rings (SSSR count). The number of ketones is 1. The van der Waals surface area contributed by atoms with E-state index in [0.29, 0.717) is 0 Å². The lowest BCUT2D eigenvalue weighted by Crippen LogP contribution is -1.99. The Morgan fingerprint density at radius 1 is 2.00 bits per heavy atom. The summed E-state index contributed by atoms with van der Waals surface area (Å²) in [5.74, 6) is 0.204. The van der Waals surface area contributed by atoms with Crippen LogP contribution in [0.5, 0.6) is 0 Å². The summed E-state index contributed by atoms with van der Waals surface area (Å²) in [5, 5.41) is 3.75. The summed E-state index contributed by atoms with van der Waals surface area (Å²) in [4.78, 5) is 10.1. The average molecular weight is 84.1 g/mol. The molecule has 0 saturated carbocycles. The predicted molar refractivity (Wildman–Crippen MR) is 21.5 cm³/mol. The summed E-state index contributed by atoms with van der Waals surface area (Å²) in [5.41, 5.74) is 0. The maximum absolute atomic E-state index is 10.1. The quantitative estimate of drug-likeness (QED) is 0.396. The van der Waals surface area contributed by atoms with E-state index in [0.717, 1.165) is 6.54 Å². The highest BCUT2D eigenvalue weighted by atomic mass is 16.1. The van der Waals surface area contributed by atoms with E-state index < -0.39 is 0 Å². The lowest BCUT2D eigenvalue weighted by atomic mass is 10.3. The summed E-state index contributed by atoms with van der Waals surface area (Å²) in [6.07, 6.45) is 0. The molecule has 0 amide bonds. The van der Waals surface area contributed by atoms with Gasteiger partial charge in [-0.2, -0.15) is 0 Å². The third-order valence-electron chi connectivity index (χ3n) is 0.834. The van der Waals surface area contributed by atoms with Crippen LogP contribution in [0.25, 0.3) is 0 Å². The van der Waals surface area contributed by atoms with E-state index in [1.54, 1.807) is 6.92 Å². The monoisotopic (exact) mass is 84.0 g/mol. The summed E-state index contributed by atoms with van der Waals surface area (Å²) < 4.78 is 0. The normalized spacial score (nSPS) is 29.8. The molecular formula is C4H6NO. The van der Waals surface area contributed by atoms with Gasteiger partial charge in [-0.05, 0) is 6.92 Å². The Bertz CT molecular complexity index is 75.6. The Morgan fingerprint density at radius 3 is 2.50 bits per heavy atom. The number of Topliss-reactive ketones (excluding diaryl/α,β-unsaturated/α-hetero) is 1. The molecule has 1 aliphatic rings. The molecule has 2 heteroatoms. The first kappa shape index (κ1) is 3.81. The minimum atomic E-state index is 0.0880.